The molecule has 3 heterocycles. The minimum atomic E-state index is 0.169. The van der Waals surface area contributed by atoms with E-state index in [1.807, 2.05) is 0 Å². The molecule has 0 amide bonds. The number of guanidine groups is 1. The van der Waals surface area contributed by atoms with Gasteiger partial charge >= 0.3 is 0 Å². The summed E-state index contributed by atoms with van der Waals surface area (Å²) in [6.45, 7) is 11.1. The first kappa shape index (κ1) is 16.0. The summed E-state index contributed by atoms with van der Waals surface area (Å²) in [5.41, 5.74) is 0.209. The van der Waals surface area contributed by atoms with Crippen molar-refractivity contribution in [2.75, 3.05) is 52.6 Å². The fourth-order valence-corrected chi connectivity index (χ4v) is 3.22. The van der Waals surface area contributed by atoms with Crippen LogP contribution in [0.25, 0.3) is 0 Å². The Hall–Kier alpha value is -0.850. The fraction of sp³-hybridized carbons (Fsp3) is 0.938. The third-order valence-electron chi connectivity index (χ3n) is 4.62. The molecule has 6 heteroatoms. The summed E-state index contributed by atoms with van der Waals surface area (Å²) in [6, 6.07) is 0. The van der Waals surface area contributed by atoms with Crippen LogP contribution >= 0.6 is 0 Å². The molecule has 3 fully saturated rings. The van der Waals surface area contributed by atoms with Crippen molar-refractivity contribution in [2.24, 2.45) is 10.4 Å². The Morgan fingerprint density at radius 1 is 1.27 bits per heavy atom. The number of hydrogen-bond acceptors (Lipinski definition) is 4. The number of hydrogen-bond donors (Lipinski definition) is 1. The van der Waals surface area contributed by atoms with Gasteiger partial charge in [0.25, 0.3) is 0 Å². The second-order valence-corrected chi connectivity index (χ2v) is 6.88. The van der Waals surface area contributed by atoms with E-state index in [1.165, 1.54) is 0 Å². The van der Waals surface area contributed by atoms with Crippen molar-refractivity contribution in [3.05, 3.63) is 0 Å². The first-order valence-electron chi connectivity index (χ1n) is 8.54. The number of aliphatic imine (C=N–C) groups is 1. The summed E-state index contributed by atoms with van der Waals surface area (Å²) in [6.07, 6.45) is 2.68. The second-order valence-electron chi connectivity index (χ2n) is 6.88. The van der Waals surface area contributed by atoms with Gasteiger partial charge in [0.15, 0.2) is 5.96 Å². The van der Waals surface area contributed by atoms with Crippen molar-refractivity contribution in [3.63, 3.8) is 0 Å². The van der Waals surface area contributed by atoms with Gasteiger partial charge in [-0.25, -0.2) is 0 Å². The van der Waals surface area contributed by atoms with E-state index in [4.69, 9.17) is 19.2 Å². The van der Waals surface area contributed by atoms with Crippen molar-refractivity contribution in [2.45, 2.75) is 38.9 Å². The lowest BCUT2D eigenvalue weighted by Crippen LogP contribution is -2.53. The molecule has 0 aromatic carbocycles. The molecule has 0 saturated carbocycles. The second kappa shape index (κ2) is 7.15. The van der Waals surface area contributed by atoms with Gasteiger partial charge in [0, 0.05) is 31.7 Å². The zero-order chi connectivity index (χ0) is 15.4. The Kier molecular flexibility index (Phi) is 5.21. The van der Waals surface area contributed by atoms with Gasteiger partial charge in [0.1, 0.15) is 6.10 Å². The molecule has 3 aliphatic heterocycles. The van der Waals surface area contributed by atoms with Crippen LogP contribution in [0.4, 0.5) is 0 Å². The number of morpholine rings is 1. The molecule has 0 radical (unpaired) electrons. The summed E-state index contributed by atoms with van der Waals surface area (Å²) < 4.78 is 17.0. The Labute approximate surface area is 133 Å². The predicted octanol–water partition coefficient (Wildman–Crippen LogP) is 0.868. The highest BCUT2D eigenvalue weighted by Crippen LogP contribution is 2.27. The Bertz CT molecular complexity index is 392. The van der Waals surface area contributed by atoms with Crippen LogP contribution in [0.15, 0.2) is 4.99 Å². The van der Waals surface area contributed by atoms with Gasteiger partial charge in [-0.3, -0.25) is 4.99 Å². The van der Waals surface area contributed by atoms with Gasteiger partial charge in [0.2, 0.25) is 0 Å². The van der Waals surface area contributed by atoms with Crippen LogP contribution in [0.5, 0.6) is 0 Å². The summed E-state index contributed by atoms with van der Waals surface area (Å²) in [5.74, 6) is 1.00. The molecule has 3 aliphatic rings. The molecule has 126 valence electrons. The van der Waals surface area contributed by atoms with Crippen LogP contribution in [-0.2, 0) is 14.2 Å². The van der Waals surface area contributed by atoms with E-state index in [-0.39, 0.29) is 17.6 Å². The number of rotatable bonds is 4. The molecule has 2 atom stereocenters. The molecule has 0 aromatic rings. The average Bonchev–Trinajstić information content (AvgIpc) is 3.04. The summed E-state index contributed by atoms with van der Waals surface area (Å²) >= 11 is 0. The maximum atomic E-state index is 5.93. The van der Waals surface area contributed by atoms with Crippen LogP contribution in [0.2, 0.25) is 0 Å². The van der Waals surface area contributed by atoms with E-state index in [2.05, 4.69) is 24.1 Å². The molecule has 2 unspecified atom stereocenters. The Morgan fingerprint density at radius 3 is 2.73 bits per heavy atom. The third kappa shape index (κ3) is 3.73. The molecule has 0 bridgehead atoms. The first-order chi connectivity index (χ1) is 10.7. The van der Waals surface area contributed by atoms with Gasteiger partial charge in [0.05, 0.1) is 32.5 Å². The molecule has 6 nitrogen and oxygen atoms in total. The monoisotopic (exact) mass is 311 g/mol. The first-order valence-corrected chi connectivity index (χ1v) is 8.54. The molecule has 0 aliphatic carbocycles. The van der Waals surface area contributed by atoms with Crippen LogP contribution in [0.1, 0.15) is 26.7 Å². The standard InChI is InChI=1S/C16H29N3O3/c1-3-17-15(18-10-16(2)11-20-12-16)19-6-8-22-14(9-19)13-5-4-7-21-13/h13-14H,3-12H2,1-2H3,(H,17,18). The summed E-state index contributed by atoms with van der Waals surface area (Å²) in [4.78, 5) is 7.17. The molecule has 3 saturated heterocycles. The SMILES string of the molecule is CCNC(=NCC1(C)COC1)N1CCOC(C2CCCO2)C1. The molecule has 1 N–H and O–H groups in total. The number of nitrogens with zero attached hydrogens (tertiary/aromatic N) is 2. The highest BCUT2D eigenvalue weighted by molar-refractivity contribution is 5.80. The minimum Gasteiger partial charge on any atom is -0.380 e. The average molecular weight is 311 g/mol. The van der Waals surface area contributed by atoms with Crippen LogP contribution in [-0.4, -0.2) is 75.7 Å². The molecular weight excluding hydrogens is 282 g/mol. The van der Waals surface area contributed by atoms with Crippen LogP contribution in [0.3, 0.4) is 0 Å². The predicted molar refractivity (Wildman–Crippen MR) is 85.2 cm³/mol. The van der Waals surface area contributed by atoms with Crippen molar-refractivity contribution < 1.29 is 14.2 Å². The minimum absolute atomic E-state index is 0.169. The van der Waals surface area contributed by atoms with E-state index in [1.54, 1.807) is 0 Å². The van der Waals surface area contributed by atoms with Gasteiger partial charge in [-0.05, 0) is 19.8 Å². The van der Waals surface area contributed by atoms with E-state index >= 15 is 0 Å². The van der Waals surface area contributed by atoms with Crippen molar-refractivity contribution in [1.82, 2.24) is 10.2 Å². The molecule has 0 spiro atoms. The van der Waals surface area contributed by atoms with Gasteiger partial charge in [-0.2, -0.15) is 0 Å². The van der Waals surface area contributed by atoms with E-state index in [0.29, 0.717) is 0 Å². The van der Waals surface area contributed by atoms with Gasteiger partial charge in [-0.1, -0.05) is 6.92 Å². The van der Waals surface area contributed by atoms with Crippen LogP contribution in [0, 0.1) is 5.41 Å². The normalized spacial score (nSPS) is 31.9. The molecule has 22 heavy (non-hydrogen) atoms. The van der Waals surface area contributed by atoms with Crippen molar-refractivity contribution in [1.29, 1.82) is 0 Å². The quantitative estimate of drug-likeness (QED) is 0.617. The maximum Gasteiger partial charge on any atom is 0.194 e. The van der Waals surface area contributed by atoms with E-state index in [9.17, 15) is 0 Å². The van der Waals surface area contributed by atoms with E-state index in [0.717, 1.165) is 71.4 Å². The summed E-state index contributed by atoms with van der Waals surface area (Å²) in [5, 5.41) is 3.42. The number of nitrogens with one attached hydrogen (secondary N) is 1. The van der Waals surface area contributed by atoms with Gasteiger partial charge in [-0.15, -0.1) is 0 Å². The maximum absolute atomic E-state index is 5.93. The zero-order valence-corrected chi connectivity index (χ0v) is 13.8. The summed E-state index contributed by atoms with van der Waals surface area (Å²) in [7, 11) is 0. The zero-order valence-electron chi connectivity index (χ0n) is 13.8. The van der Waals surface area contributed by atoms with Crippen molar-refractivity contribution in [3.8, 4) is 0 Å². The lowest BCUT2D eigenvalue weighted by molar-refractivity contribution is -0.0951. The topological polar surface area (TPSA) is 55.3 Å². The highest BCUT2D eigenvalue weighted by atomic mass is 16.5. The largest absolute Gasteiger partial charge is 0.380 e. The molecular formula is C16H29N3O3. The smallest absolute Gasteiger partial charge is 0.194 e. The molecule has 0 aromatic heterocycles. The molecule has 3 rings (SSSR count). The van der Waals surface area contributed by atoms with E-state index < -0.39 is 0 Å². The Morgan fingerprint density at radius 2 is 2.09 bits per heavy atom. The Balaban J connectivity index is 1.60. The lowest BCUT2D eigenvalue weighted by atomic mass is 9.89. The fourth-order valence-electron chi connectivity index (χ4n) is 3.22. The lowest BCUT2D eigenvalue weighted by Gasteiger charge is -2.39. The highest BCUT2D eigenvalue weighted by Gasteiger charge is 2.35. The third-order valence-corrected chi connectivity index (χ3v) is 4.62. The van der Waals surface area contributed by atoms with Crippen LogP contribution < -0.4 is 5.32 Å². The van der Waals surface area contributed by atoms with Gasteiger partial charge < -0.3 is 24.4 Å². The number of ether oxygens (including phenoxy) is 3. The van der Waals surface area contributed by atoms with Crippen molar-refractivity contribution >= 4 is 5.96 Å².